The minimum absolute atomic E-state index is 0.00657. The predicted molar refractivity (Wildman–Crippen MR) is 105 cm³/mol. The van der Waals surface area contributed by atoms with E-state index in [2.05, 4.69) is 17.4 Å². The molecule has 2 heterocycles. The molecule has 7 nitrogen and oxygen atoms in total. The van der Waals surface area contributed by atoms with Crippen LogP contribution in [-0.4, -0.2) is 64.4 Å². The Hall–Kier alpha value is -1.96. The molecule has 2 fully saturated rings. The maximum Gasteiger partial charge on any atom is 0.309 e. The standard InChI is InChI=1S/C21H31N3O4/c1-2-28-21(26)18-7-9-23(10-8-18)16-20(25)22-19-5-3-17(4-6-19)15-24-11-13-27-14-12-24/h3-6,18H,2,7-16H2,1H3,(H,22,25)/p+2. The zero-order valence-corrected chi connectivity index (χ0v) is 16.8. The maximum absolute atomic E-state index is 12.4. The molecule has 0 saturated carbocycles. The third-order valence-electron chi connectivity index (χ3n) is 5.61. The lowest BCUT2D eigenvalue weighted by Crippen LogP contribution is -3.14. The van der Waals surface area contributed by atoms with Crippen LogP contribution >= 0.6 is 0 Å². The molecule has 3 N–H and O–H groups in total. The highest BCUT2D eigenvalue weighted by Gasteiger charge is 2.29. The van der Waals surface area contributed by atoms with Crippen LogP contribution in [0.4, 0.5) is 5.69 Å². The van der Waals surface area contributed by atoms with Crippen molar-refractivity contribution in [3.63, 3.8) is 0 Å². The molecule has 0 aromatic heterocycles. The van der Waals surface area contributed by atoms with E-state index >= 15 is 0 Å². The summed E-state index contributed by atoms with van der Waals surface area (Å²) in [5.41, 5.74) is 2.12. The fourth-order valence-electron chi connectivity index (χ4n) is 3.96. The fraction of sp³-hybridized carbons (Fsp3) is 0.619. The molecule has 3 rings (SSSR count). The molecule has 0 aliphatic carbocycles. The number of likely N-dealkylation sites (tertiary alicyclic amines) is 1. The number of hydrogen-bond donors (Lipinski definition) is 3. The lowest BCUT2D eigenvalue weighted by molar-refractivity contribution is -0.921. The summed E-state index contributed by atoms with van der Waals surface area (Å²) in [5, 5.41) is 3.00. The summed E-state index contributed by atoms with van der Waals surface area (Å²) >= 11 is 0. The quantitative estimate of drug-likeness (QED) is 0.516. The average molecular weight is 392 g/mol. The number of hydrogen-bond acceptors (Lipinski definition) is 4. The predicted octanol–water partition coefficient (Wildman–Crippen LogP) is -1.10. The second kappa shape index (κ2) is 10.5. The molecule has 1 aromatic carbocycles. The van der Waals surface area contributed by atoms with E-state index in [-0.39, 0.29) is 17.8 Å². The van der Waals surface area contributed by atoms with Crippen LogP contribution in [0, 0.1) is 5.92 Å². The average Bonchev–Trinajstić information content (AvgIpc) is 2.71. The van der Waals surface area contributed by atoms with Crippen molar-refractivity contribution in [2.24, 2.45) is 5.92 Å². The van der Waals surface area contributed by atoms with Crippen LogP contribution in [0.5, 0.6) is 0 Å². The zero-order valence-electron chi connectivity index (χ0n) is 16.8. The van der Waals surface area contributed by atoms with Gasteiger partial charge in [0.15, 0.2) is 6.54 Å². The zero-order chi connectivity index (χ0) is 19.8. The van der Waals surface area contributed by atoms with Gasteiger partial charge < -0.3 is 24.6 Å². The minimum atomic E-state index is -0.0926. The van der Waals surface area contributed by atoms with E-state index < -0.39 is 0 Å². The number of rotatable bonds is 7. The number of nitrogens with one attached hydrogen (secondary N) is 3. The van der Waals surface area contributed by atoms with E-state index in [4.69, 9.17) is 9.47 Å². The molecule has 0 unspecified atom stereocenters. The van der Waals surface area contributed by atoms with Crippen LogP contribution in [-0.2, 0) is 25.6 Å². The topological polar surface area (TPSA) is 73.5 Å². The summed E-state index contributed by atoms with van der Waals surface area (Å²) in [6.07, 6.45) is 1.58. The van der Waals surface area contributed by atoms with E-state index in [1.54, 1.807) is 0 Å². The van der Waals surface area contributed by atoms with Crippen LogP contribution in [0.3, 0.4) is 0 Å². The van der Waals surface area contributed by atoms with Gasteiger partial charge >= 0.3 is 5.97 Å². The van der Waals surface area contributed by atoms with Gasteiger partial charge in [-0.15, -0.1) is 0 Å². The lowest BCUT2D eigenvalue weighted by atomic mass is 9.97. The molecule has 2 aliphatic heterocycles. The first kappa shape index (κ1) is 20.8. The Morgan fingerprint density at radius 1 is 1.07 bits per heavy atom. The summed E-state index contributed by atoms with van der Waals surface area (Å²) in [5.74, 6) is -0.0750. The summed E-state index contributed by atoms with van der Waals surface area (Å²) in [4.78, 5) is 26.9. The summed E-state index contributed by atoms with van der Waals surface area (Å²) in [6.45, 7) is 9.14. The fourth-order valence-corrected chi connectivity index (χ4v) is 3.96. The second-order valence-corrected chi connectivity index (χ2v) is 7.74. The van der Waals surface area contributed by atoms with Gasteiger partial charge in [-0.05, 0) is 19.1 Å². The van der Waals surface area contributed by atoms with Gasteiger partial charge in [0.25, 0.3) is 5.91 Å². The lowest BCUT2D eigenvalue weighted by Gasteiger charge is -2.27. The number of morpholine rings is 1. The molecule has 2 aliphatic rings. The number of amides is 1. The van der Waals surface area contributed by atoms with Gasteiger partial charge in [0, 0.05) is 24.1 Å². The van der Waals surface area contributed by atoms with Crippen LogP contribution in [0.1, 0.15) is 25.3 Å². The summed E-state index contributed by atoms with van der Waals surface area (Å²) < 4.78 is 10.5. The summed E-state index contributed by atoms with van der Waals surface area (Å²) in [6, 6.07) is 8.15. The Morgan fingerprint density at radius 2 is 1.75 bits per heavy atom. The number of anilines is 1. The first-order valence-corrected chi connectivity index (χ1v) is 10.4. The number of esters is 1. The Kier molecular flexibility index (Phi) is 7.82. The van der Waals surface area contributed by atoms with E-state index in [1.165, 1.54) is 15.4 Å². The number of benzene rings is 1. The van der Waals surface area contributed by atoms with E-state index in [0.29, 0.717) is 13.2 Å². The Morgan fingerprint density at radius 3 is 2.39 bits per heavy atom. The molecule has 1 amide bonds. The normalized spacial score (nSPS) is 23.2. The Labute approximate surface area is 167 Å². The molecule has 2 saturated heterocycles. The number of piperidine rings is 1. The summed E-state index contributed by atoms with van der Waals surface area (Å²) in [7, 11) is 0. The SMILES string of the molecule is CCOC(=O)C1CC[NH+](CC(=O)Nc2ccc(C[NH+]3CCOCC3)cc2)CC1. The van der Waals surface area contributed by atoms with Crippen molar-refractivity contribution in [2.75, 3.05) is 57.9 Å². The first-order valence-electron chi connectivity index (χ1n) is 10.4. The number of ether oxygens (including phenoxy) is 2. The molecular weight excluding hydrogens is 358 g/mol. The van der Waals surface area contributed by atoms with Crippen molar-refractivity contribution in [2.45, 2.75) is 26.3 Å². The molecule has 0 radical (unpaired) electrons. The van der Waals surface area contributed by atoms with E-state index in [0.717, 1.165) is 64.5 Å². The molecule has 0 atom stereocenters. The van der Waals surface area contributed by atoms with Crippen LogP contribution < -0.4 is 15.1 Å². The number of carbonyl (C=O) groups is 2. The van der Waals surface area contributed by atoms with Gasteiger partial charge in [0.1, 0.15) is 19.6 Å². The van der Waals surface area contributed by atoms with Gasteiger partial charge in [-0.1, -0.05) is 12.1 Å². The van der Waals surface area contributed by atoms with Crippen LogP contribution in [0.25, 0.3) is 0 Å². The van der Waals surface area contributed by atoms with E-state index in [1.807, 2.05) is 19.1 Å². The highest BCUT2D eigenvalue weighted by molar-refractivity contribution is 5.91. The smallest absolute Gasteiger partial charge is 0.309 e. The number of carbonyl (C=O) groups excluding carboxylic acids is 2. The minimum Gasteiger partial charge on any atom is -0.466 e. The van der Waals surface area contributed by atoms with Gasteiger partial charge in [-0.25, -0.2) is 0 Å². The van der Waals surface area contributed by atoms with Gasteiger partial charge in [0.05, 0.1) is 38.8 Å². The van der Waals surface area contributed by atoms with Crippen molar-refractivity contribution >= 4 is 17.6 Å². The van der Waals surface area contributed by atoms with Crippen molar-refractivity contribution in [1.82, 2.24) is 0 Å². The highest BCUT2D eigenvalue weighted by Crippen LogP contribution is 2.12. The van der Waals surface area contributed by atoms with E-state index in [9.17, 15) is 9.59 Å². The molecule has 7 heteroatoms. The molecular formula is C21H33N3O4+2. The van der Waals surface area contributed by atoms with Crippen molar-refractivity contribution in [3.8, 4) is 0 Å². The molecule has 0 spiro atoms. The molecule has 0 bridgehead atoms. The third-order valence-corrected chi connectivity index (χ3v) is 5.61. The highest BCUT2D eigenvalue weighted by atomic mass is 16.5. The Balaban J connectivity index is 1.39. The van der Waals surface area contributed by atoms with Crippen LogP contribution in [0.2, 0.25) is 0 Å². The van der Waals surface area contributed by atoms with Crippen molar-refractivity contribution in [3.05, 3.63) is 29.8 Å². The third kappa shape index (κ3) is 6.29. The maximum atomic E-state index is 12.4. The second-order valence-electron chi connectivity index (χ2n) is 7.74. The van der Waals surface area contributed by atoms with Crippen LogP contribution in [0.15, 0.2) is 24.3 Å². The van der Waals surface area contributed by atoms with Crippen molar-refractivity contribution < 1.29 is 28.9 Å². The van der Waals surface area contributed by atoms with Gasteiger partial charge in [0.2, 0.25) is 0 Å². The first-order chi connectivity index (χ1) is 13.6. The number of quaternary nitrogens is 2. The largest absolute Gasteiger partial charge is 0.466 e. The van der Waals surface area contributed by atoms with Gasteiger partial charge in [-0.2, -0.15) is 0 Å². The molecule has 28 heavy (non-hydrogen) atoms. The molecule has 1 aromatic rings. The van der Waals surface area contributed by atoms with Crippen molar-refractivity contribution in [1.29, 1.82) is 0 Å². The monoisotopic (exact) mass is 391 g/mol. The molecule has 154 valence electrons. The van der Waals surface area contributed by atoms with Gasteiger partial charge in [-0.3, -0.25) is 9.59 Å². The Bertz CT molecular complexity index is 636.